The Bertz CT molecular complexity index is 417. The number of hydrogen-bond acceptors (Lipinski definition) is 5. The Morgan fingerprint density at radius 3 is 2.60 bits per heavy atom. The van der Waals surface area contributed by atoms with Crippen LogP contribution in [-0.4, -0.2) is 51.6 Å². The lowest BCUT2D eigenvalue weighted by molar-refractivity contribution is -0.137. The Morgan fingerprint density at radius 1 is 1.30 bits per heavy atom. The zero-order valence-electron chi connectivity index (χ0n) is 11.4. The summed E-state index contributed by atoms with van der Waals surface area (Å²) >= 11 is 3.83. The molecule has 2 saturated heterocycles. The summed E-state index contributed by atoms with van der Waals surface area (Å²) in [6.45, 7) is 8.93. The highest BCUT2D eigenvalue weighted by Crippen LogP contribution is 2.53. The number of carbonyl (C=O) groups excluding carboxylic acids is 2. The summed E-state index contributed by atoms with van der Waals surface area (Å²) < 4.78 is 5.30. The molecule has 2 rings (SSSR count). The van der Waals surface area contributed by atoms with E-state index in [-0.39, 0.29) is 16.0 Å². The number of amides is 1. The molecule has 1 amide bonds. The van der Waals surface area contributed by atoms with Gasteiger partial charge < -0.3 is 9.64 Å². The van der Waals surface area contributed by atoms with Crippen LogP contribution in [0.15, 0.2) is 25.3 Å². The summed E-state index contributed by atoms with van der Waals surface area (Å²) in [5, 5.41) is 0.338. The molecule has 2 aliphatic rings. The van der Waals surface area contributed by atoms with Crippen LogP contribution in [0.4, 0.5) is 0 Å². The first kappa shape index (κ1) is 15.5. The van der Waals surface area contributed by atoms with Crippen molar-refractivity contribution in [3.63, 3.8) is 0 Å². The van der Waals surface area contributed by atoms with Crippen LogP contribution in [0.2, 0.25) is 0 Å². The number of piperidine rings is 1. The number of likely N-dealkylation sites (tertiary alicyclic amines) is 1. The number of hydrogen-bond donors (Lipinski definition) is 0. The molecule has 0 saturated carbocycles. The maximum Gasteiger partial charge on any atom is 0.330 e. The maximum absolute atomic E-state index is 11.6. The topological polar surface area (TPSA) is 46.6 Å². The molecule has 0 aliphatic carbocycles. The molecule has 1 unspecified atom stereocenters. The van der Waals surface area contributed by atoms with Crippen LogP contribution in [0.5, 0.6) is 0 Å². The fourth-order valence-corrected chi connectivity index (χ4v) is 5.97. The highest BCUT2D eigenvalue weighted by molar-refractivity contribution is 8.21. The second kappa shape index (κ2) is 6.72. The summed E-state index contributed by atoms with van der Waals surface area (Å²) in [6, 6.07) is 0. The zero-order chi connectivity index (χ0) is 14.6. The molecule has 0 aromatic rings. The molecule has 6 heteroatoms. The first-order valence-corrected chi connectivity index (χ1v) is 8.47. The molecule has 20 heavy (non-hydrogen) atoms. The molecule has 0 aromatic carbocycles. The number of thioether (sulfide) groups is 2. The minimum atomic E-state index is -0.358. The van der Waals surface area contributed by atoms with Crippen molar-refractivity contribution in [2.75, 3.05) is 25.4 Å². The summed E-state index contributed by atoms with van der Waals surface area (Å²) in [4.78, 5) is 24.5. The molecule has 0 aromatic heterocycles. The Morgan fingerprint density at radius 2 is 2.00 bits per heavy atom. The smallest absolute Gasteiger partial charge is 0.330 e. The summed E-state index contributed by atoms with van der Waals surface area (Å²) in [5.74, 6) is 0.650. The Balaban J connectivity index is 1.80. The van der Waals surface area contributed by atoms with Gasteiger partial charge in [-0.25, -0.2) is 4.79 Å². The van der Waals surface area contributed by atoms with Crippen LogP contribution >= 0.6 is 23.5 Å². The van der Waals surface area contributed by atoms with Gasteiger partial charge >= 0.3 is 5.97 Å². The minimum absolute atomic E-state index is 0.0179. The van der Waals surface area contributed by atoms with E-state index in [1.54, 1.807) is 0 Å². The second-order valence-electron chi connectivity index (χ2n) is 4.83. The van der Waals surface area contributed by atoms with E-state index in [4.69, 9.17) is 4.74 Å². The molecule has 0 bridgehead atoms. The van der Waals surface area contributed by atoms with Crippen molar-refractivity contribution in [3.8, 4) is 0 Å². The van der Waals surface area contributed by atoms with Crippen molar-refractivity contribution in [2.24, 2.45) is 0 Å². The maximum atomic E-state index is 11.6. The van der Waals surface area contributed by atoms with Crippen molar-refractivity contribution in [2.45, 2.75) is 22.2 Å². The molecule has 2 aliphatic heterocycles. The fraction of sp³-hybridized carbons (Fsp3) is 0.571. The Hall–Kier alpha value is -0.880. The van der Waals surface area contributed by atoms with Crippen molar-refractivity contribution >= 4 is 35.4 Å². The minimum Gasteiger partial charge on any atom is -0.461 e. The van der Waals surface area contributed by atoms with Gasteiger partial charge in [-0.2, -0.15) is 0 Å². The zero-order valence-corrected chi connectivity index (χ0v) is 13.0. The van der Waals surface area contributed by atoms with Gasteiger partial charge in [0.15, 0.2) is 0 Å². The van der Waals surface area contributed by atoms with Crippen LogP contribution in [0.1, 0.15) is 12.8 Å². The fourth-order valence-electron chi connectivity index (χ4n) is 2.39. The van der Waals surface area contributed by atoms with Gasteiger partial charge in [0.1, 0.15) is 6.61 Å². The molecule has 2 fully saturated rings. The summed E-state index contributed by atoms with van der Waals surface area (Å²) in [7, 11) is 0. The molecule has 0 N–H and O–H groups in total. The summed E-state index contributed by atoms with van der Waals surface area (Å²) in [6.07, 6.45) is 4.54. The van der Waals surface area contributed by atoms with Gasteiger partial charge in [0.25, 0.3) is 0 Å². The van der Waals surface area contributed by atoms with Gasteiger partial charge in [0, 0.05) is 30.2 Å². The third-order valence-electron chi connectivity index (χ3n) is 3.50. The van der Waals surface area contributed by atoms with Gasteiger partial charge in [-0.3, -0.25) is 4.79 Å². The predicted molar refractivity (Wildman–Crippen MR) is 83.7 cm³/mol. The summed E-state index contributed by atoms with van der Waals surface area (Å²) in [5.41, 5.74) is 0. The molecule has 110 valence electrons. The third-order valence-corrected chi connectivity index (χ3v) is 7.33. The van der Waals surface area contributed by atoms with E-state index in [2.05, 4.69) is 13.2 Å². The Labute approximate surface area is 128 Å². The predicted octanol–water partition coefficient (Wildman–Crippen LogP) is 2.07. The quantitative estimate of drug-likeness (QED) is 0.587. The van der Waals surface area contributed by atoms with E-state index in [1.165, 1.54) is 12.2 Å². The lowest BCUT2D eigenvalue weighted by Crippen LogP contribution is -2.42. The van der Waals surface area contributed by atoms with Crippen molar-refractivity contribution in [1.29, 1.82) is 0 Å². The van der Waals surface area contributed by atoms with Gasteiger partial charge in [-0.1, -0.05) is 13.2 Å². The lowest BCUT2D eigenvalue weighted by atomic mass is 10.1. The van der Waals surface area contributed by atoms with Crippen LogP contribution in [0.25, 0.3) is 0 Å². The Kier molecular flexibility index (Phi) is 5.21. The van der Waals surface area contributed by atoms with Crippen molar-refractivity contribution in [1.82, 2.24) is 4.90 Å². The first-order chi connectivity index (χ1) is 9.58. The standard InChI is InChI=1S/C14H19NO3S2/c1-3-12(16)15-7-5-14(6-8-15)19-10-11(20-14)9-18-13(17)4-2/h3-4,11H,1-2,5-10H2. The third kappa shape index (κ3) is 3.61. The number of ether oxygens (including phenoxy) is 1. The van der Waals surface area contributed by atoms with Gasteiger partial charge in [0.2, 0.25) is 5.91 Å². The number of rotatable bonds is 4. The van der Waals surface area contributed by atoms with E-state index in [1.807, 2.05) is 28.4 Å². The normalized spacial score (nSPS) is 24.4. The SMILES string of the molecule is C=CC(=O)OCC1CSC2(CCN(C(=O)C=C)CC2)S1. The lowest BCUT2D eigenvalue weighted by Gasteiger charge is -2.37. The van der Waals surface area contributed by atoms with E-state index >= 15 is 0 Å². The molecule has 1 spiro atoms. The van der Waals surface area contributed by atoms with E-state index in [0.717, 1.165) is 31.7 Å². The monoisotopic (exact) mass is 313 g/mol. The highest BCUT2D eigenvalue weighted by atomic mass is 32.2. The first-order valence-electron chi connectivity index (χ1n) is 6.61. The van der Waals surface area contributed by atoms with Crippen LogP contribution in [0.3, 0.4) is 0 Å². The largest absolute Gasteiger partial charge is 0.461 e. The average molecular weight is 313 g/mol. The molecule has 4 nitrogen and oxygen atoms in total. The van der Waals surface area contributed by atoms with Crippen LogP contribution in [0, 0.1) is 0 Å². The number of carbonyl (C=O) groups is 2. The average Bonchev–Trinajstić information content (AvgIpc) is 2.87. The van der Waals surface area contributed by atoms with Gasteiger partial charge in [-0.05, 0) is 18.9 Å². The number of esters is 1. The highest BCUT2D eigenvalue weighted by Gasteiger charge is 2.43. The molecule has 1 atom stereocenters. The van der Waals surface area contributed by atoms with E-state index < -0.39 is 0 Å². The van der Waals surface area contributed by atoms with E-state index in [0.29, 0.717) is 11.9 Å². The molecule has 0 radical (unpaired) electrons. The van der Waals surface area contributed by atoms with Crippen LogP contribution in [-0.2, 0) is 14.3 Å². The second-order valence-corrected chi connectivity index (χ2v) is 8.17. The van der Waals surface area contributed by atoms with Gasteiger partial charge in [-0.15, -0.1) is 23.5 Å². The molecular formula is C14H19NO3S2. The molecular weight excluding hydrogens is 294 g/mol. The van der Waals surface area contributed by atoms with Crippen molar-refractivity contribution < 1.29 is 14.3 Å². The van der Waals surface area contributed by atoms with E-state index in [9.17, 15) is 9.59 Å². The van der Waals surface area contributed by atoms with Gasteiger partial charge in [0.05, 0.1) is 4.08 Å². The van der Waals surface area contributed by atoms with Crippen LogP contribution < -0.4 is 0 Å². The number of nitrogens with zero attached hydrogens (tertiary/aromatic N) is 1. The van der Waals surface area contributed by atoms with Crippen molar-refractivity contribution in [3.05, 3.63) is 25.3 Å². The molecule has 2 heterocycles.